The molecule has 0 aliphatic rings. The van der Waals surface area contributed by atoms with Crippen LogP contribution in [-0.4, -0.2) is 30.0 Å². The molecule has 1 amide bonds. The second-order valence-electron chi connectivity index (χ2n) is 4.54. The van der Waals surface area contributed by atoms with Crippen molar-refractivity contribution < 1.29 is 4.79 Å². The van der Waals surface area contributed by atoms with E-state index in [0.29, 0.717) is 5.70 Å². The van der Waals surface area contributed by atoms with E-state index in [0.717, 1.165) is 22.3 Å². The Bertz CT molecular complexity index is 864. The number of allylic oxidation sites excluding steroid dienone is 1. The third kappa shape index (κ3) is 3.46. The quantitative estimate of drug-likeness (QED) is 0.589. The predicted molar refractivity (Wildman–Crippen MR) is 94.3 cm³/mol. The Labute approximate surface area is 136 Å². The van der Waals surface area contributed by atoms with Crippen LogP contribution in [0.15, 0.2) is 37.1 Å². The van der Waals surface area contributed by atoms with Gasteiger partial charge in [0, 0.05) is 35.1 Å². The maximum Gasteiger partial charge on any atom is 0.243 e. The summed E-state index contributed by atoms with van der Waals surface area (Å²) in [5, 5.41) is 5.16. The molecule has 7 nitrogen and oxygen atoms in total. The summed E-state index contributed by atoms with van der Waals surface area (Å²) < 4.78 is 3.44. The summed E-state index contributed by atoms with van der Waals surface area (Å²) in [5.41, 5.74) is 8.24. The van der Waals surface area contributed by atoms with Crippen molar-refractivity contribution in [2.45, 2.75) is 20.8 Å². The van der Waals surface area contributed by atoms with Gasteiger partial charge in [0.25, 0.3) is 0 Å². The third-order valence-corrected chi connectivity index (χ3v) is 3.49. The number of fused-ring (bicyclic) bond motifs is 1. The average Bonchev–Trinajstić information content (AvgIpc) is 3.16. The minimum atomic E-state index is -0.505. The van der Waals surface area contributed by atoms with Gasteiger partial charge in [0.1, 0.15) is 12.0 Å². The van der Waals surface area contributed by atoms with E-state index in [1.54, 1.807) is 24.0 Å². The van der Waals surface area contributed by atoms with E-state index in [-0.39, 0.29) is 0 Å². The summed E-state index contributed by atoms with van der Waals surface area (Å²) in [6.45, 7) is 5.76. The lowest BCUT2D eigenvalue weighted by Crippen LogP contribution is -2.08. The summed E-state index contributed by atoms with van der Waals surface area (Å²) in [5.74, 6) is -0.505. The Hall–Kier alpha value is -2.53. The molecule has 3 heterocycles. The van der Waals surface area contributed by atoms with Crippen LogP contribution in [0.5, 0.6) is 0 Å². The lowest BCUT2D eigenvalue weighted by Gasteiger charge is -2.00. The van der Waals surface area contributed by atoms with Crippen molar-refractivity contribution in [1.29, 1.82) is 0 Å². The highest BCUT2D eigenvalue weighted by Crippen LogP contribution is 2.26. The Balaban J connectivity index is 0.000000924. The number of nitrogens with two attached hydrogens (primary N) is 1. The molecule has 0 saturated carbocycles. The fourth-order valence-electron chi connectivity index (χ4n) is 2.11. The van der Waals surface area contributed by atoms with Gasteiger partial charge in [-0.15, -0.1) is 0 Å². The van der Waals surface area contributed by atoms with Gasteiger partial charge in [-0.25, -0.2) is 14.6 Å². The van der Waals surface area contributed by atoms with Gasteiger partial charge in [-0.3, -0.25) is 4.79 Å². The Morgan fingerprint density at radius 2 is 2.09 bits per heavy atom. The van der Waals surface area contributed by atoms with E-state index in [4.69, 9.17) is 5.73 Å². The first kappa shape index (κ1) is 16.8. The van der Waals surface area contributed by atoms with E-state index in [9.17, 15) is 4.79 Å². The molecule has 0 radical (unpaired) electrons. The highest BCUT2D eigenvalue weighted by molar-refractivity contribution is 7.14. The van der Waals surface area contributed by atoms with Gasteiger partial charge in [0.15, 0.2) is 0 Å². The number of hydrogen-bond acceptors (Lipinski definition) is 4. The molecule has 0 bridgehead atoms. The smallest absolute Gasteiger partial charge is 0.243 e. The fraction of sp³-hybridized carbons (Fsp3) is 0.200. The van der Waals surface area contributed by atoms with Gasteiger partial charge in [-0.2, -0.15) is 5.10 Å². The lowest BCUT2D eigenvalue weighted by molar-refractivity contribution is -0.113. The molecule has 3 aromatic heterocycles. The van der Waals surface area contributed by atoms with Crippen molar-refractivity contribution in [1.82, 2.24) is 24.1 Å². The molecule has 3 rings (SSSR count). The predicted octanol–water partition coefficient (Wildman–Crippen LogP) is 2.31. The molecule has 2 N–H and O–H groups in total. The Morgan fingerprint density at radius 1 is 1.35 bits per heavy atom. The normalized spacial score (nSPS) is 11.2. The fourth-order valence-corrected chi connectivity index (χ4v) is 2.40. The average molecular weight is 330 g/mol. The first-order chi connectivity index (χ1) is 11.1. The van der Waals surface area contributed by atoms with Gasteiger partial charge in [-0.05, 0) is 22.4 Å². The molecule has 0 aliphatic heterocycles. The van der Waals surface area contributed by atoms with Gasteiger partial charge in [0.05, 0.1) is 11.9 Å². The molecular formula is C15H19N6OP. The van der Waals surface area contributed by atoms with Crippen LogP contribution in [0.25, 0.3) is 28.0 Å². The molecule has 23 heavy (non-hydrogen) atoms. The van der Waals surface area contributed by atoms with Gasteiger partial charge >= 0.3 is 0 Å². The molecule has 1 atom stereocenters. The van der Waals surface area contributed by atoms with E-state index >= 15 is 0 Å². The van der Waals surface area contributed by atoms with Crippen molar-refractivity contribution in [2.24, 2.45) is 5.73 Å². The van der Waals surface area contributed by atoms with Crippen molar-refractivity contribution in [3.05, 3.63) is 37.1 Å². The zero-order valence-electron chi connectivity index (χ0n) is 13.3. The molecule has 0 spiro atoms. The van der Waals surface area contributed by atoms with Crippen molar-refractivity contribution in [3.8, 4) is 11.3 Å². The number of amides is 1. The molecule has 0 saturated heterocycles. The number of primary amides is 1. The van der Waals surface area contributed by atoms with Crippen LogP contribution in [0, 0.1) is 0 Å². The van der Waals surface area contributed by atoms with Crippen LogP contribution in [-0.2, 0) is 4.79 Å². The summed E-state index contributed by atoms with van der Waals surface area (Å²) in [7, 11) is 2.57. The first-order valence-electron chi connectivity index (χ1n) is 7.16. The minimum absolute atomic E-state index is 0.505. The zero-order chi connectivity index (χ0) is 17.0. The second-order valence-corrected chi connectivity index (χ2v) is 5.10. The van der Waals surface area contributed by atoms with E-state index < -0.39 is 5.91 Å². The highest BCUT2D eigenvalue weighted by atomic mass is 31.0. The second kappa shape index (κ2) is 7.15. The molecule has 3 aromatic rings. The molecule has 0 aliphatic carbocycles. The van der Waals surface area contributed by atoms with Crippen LogP contribution in [0.4, 0.5) is 0 Å². The third-order valence-electron chi connectivity index (χ3n) is 3.08. The van der Waals surface area contributed by atoms with Crippen molar-refractivity contribution >= 4 is 32.0 Å². The topological polar surface area (TPSA) is 91.6 Å². The van der Waals surface area contributed by atoms with Crippen LogP contribution in [0.1, 0.15) is 20.8 Å². The minimum Gasteiger partial charge on any atom is -0.366 e. The summed E-state index contributed by atoms with van der Waals surface area (Å²) >= 11 is 0. The van der Waals surface area contributed by atoms with Gasteiger partial charge < -0.3 is 10.1 Å². The van der Waals surface area contributed by atoms with Crippen molar-refractivity contribution in [2.75, 3.05) is 0 Å². The van der Waals surface area contributed by atoms with Crippen LogP contribution in [0.2, 0.25) is 0 Å². The van der Waals surface area contributed by atoms with Crippen LogP contribution in [0.3, 0.4) is 0 Å². The summed E-state index contributed by atoms with van der Waals surface area (Å²) in [4.78, 5) is 19.5. The van der Waals surface area contributed by atoms with Crippen molar-refractivity contribution in [3.63, 3.8) is 0 Å². The standard InChI is InChI=1S/C13H13N6OP.C2H6/c1-8(4-11(14)20)18-6-9(5-17-18)12-10-2-3-19(21)13(10)16-7-15-12;1-2/h2-7H,21H2,1H3,(H2,14,20);1-2H3/b8-4-;. The Kier molecular flexibility index (Phi) is 5.24. The maximum absolute atomic E-state index is 10.9. The number of rotatable bonds is 3. The SMILES string of the molecule is C/C(=C/C(N)=O)n1cc(-c2ncnc3c2ccn3P)cn1.CC. The number of nitrogens with zero attached hydrogens (tertiary/aromatic N) is 5. The summed E-state index contributed by atoms with van der Waals surface area (Å²) in [6.07, 6.45) is 8.24. The van der Waals surface area contributed by atoms with Crippen LogP contribution < -0.4 is 5.73 Å². The zero-order valence-corrected chi connectivity index (χ0v) is 14.4. The Morgan fingerprint density at radius 3 is 2.78 bits per heavy atom. The van der Waals surface area contributed by atoms with E-state index in [1.165, 1.54) is 12.4 Å². The molecule has 120 valence electrons. The monoisotopic (exact) mass is 330 g/mol. The van der Waals surface area contributed by atoms with Crippen LogP contribution >= 0.6 is 9.39 Å². The number of aromatic nitrogens is 5. The maximum atomic E-state index is 10.9. The van der Waals surface area contributed by atoms with E-state index in [2.05, 4.69) is 24.5 Å². The molecule has 0 fully saturated rings. The molecule has 1 unspecified atom stereocenters. The number of carbonyl (C=O) groups excluding carboxylic acids is 1. The molecule has 0 aromatic carbocycles. The van der Waals surface area contributed by atoms with Gasteiger partial charge in [-0.1, -0.05) is 13.8 Å². The van der Waals surface area contributed by atoms with Gasteiger partial charge in [0.2, 0.25) is 5.91 Å². The number of carbonyl (C=O) groups is 1. The number of hydrogen-bond donors (Lipinski definition) is 1. The largest absolute Gasteiger partial charge is 0.366 e. The molecule has 8 heteroatoms. The summed E-state index contributed by atoms with van der Waals surface area (Å²) in [6, 6.07) is 1.95. The molecular weight excluding hydrogens is 311 g/mol. The van der Waals surface area contributed by atoms with E-state index in [1.807, 2.05) is 30.4 Å². The highest BCUT2D eigenvalue weighted by Gasteiger charge is 2.11. The first-order valence-corrected chi connectivity index (χ1v) is 7.68. The lowest BCUT2D eigenvalue weighted by atomic mass is 10.2.